The molecular weight excluding hydrogens is 204 g/mol. The molecule has 86 valence electrons. The molecule has 0 fully saturated rings. The third-order valence-electron chi connectivity index (χ3n) is 2.27. The molecule has 0 saturated carbocycles. The maximum absolute atomic E-state index is 4.11. The van der Waals surface area contributed by atoms with Crippen LogP contribution >= 0.6 is 0 Å². The number of nitrogens with zero attached hydrogens (tertiary/aromatic N) is 6. The zero-order valence-corrected chi connectivity index (χ0v) is 9.61. The van der Waals surface area contributed by atoms with Crippen molar-refractivity contribution in [3.05, 3.63) is 30.6 Å². The van der Waals surface area contributed by atoms with Gasteiger partial charge in [0.05, 0.1) is 25.6 Å². The molecule has 0 unspecified atom stereocenters. The summed E-state index contributed by atoms with van der Waals surface area (Å²) in [5, 5.41) is 8.19. The molecule has 6 nitrogen and oxygen atoms in total. The Balaban J connectivity index is 1.92. The predicted octanol–water partition coefficient (Wildman–Crippen LogP) is 0.0845. The third kappa shape index (κ3) is 2.90. The van der Waals surface area contributed by atoms with Gasteiger partial charge in [-0.05, 0) is 14.1 Å². The van der Waals surface area contributed by atoms with Gasteiger partial charge in [0.1, 0.15) is 5.69 Å². The van der Waals surface area contributed by atoms with E-state index in [0.29, 0.717) is 0 Å². The first-order valence-electron chi connectivity index (χ1n) is 5.23. The van der Waals surface area contributed by atoms with Crippen LogP contribution < -0.4 is 0 Å². The summed E-state index contributed by atoms with van der Waals surface area (Å²) in [7, 11) is 4.09. The normalized spacial score (nSPS) is 11.2. The van der Waals surface area contributed by atoms with Crippen molar-refractivity contribution in [2.24, 2.45) is 0 Å². The fraction of sp³-hybridized carbons (Fsp3) is 0.500. The maximum Gasteiger partial charge on any atom is 0.102 e. The Bertz CT molecular complexity index is 416. The van der Waals surface area contributed by atoms with Gasteiger partial charge in [-0.3, -0.25) is 4.68 Å². The lowest BCUT2D eigenvalue weighted by atomic mass is 10.4. The molecule has 6 heteroatoms. The van der Waals surface area contributed by atoms with E-state index >= 15 is 0 Å². The van der Waals surface area contributed by atoms with Crippen LogP contribution in [0.1, 0.15) is 5.69 Å². The van der Waals surface area contributed by atoms with E-state index in [-0.39, 0.29) is 0 Å². The molecule has 2 aromatic heterocycles. The second kappa shape index (κ2) is 4.89. The standard InChI is InChI=1S/C10H16N6/c1-14(2)5-6-16-8-10(12-13-16)7-15-4-3-11-9-15/h3-4,8-9H,5-7H2,1-2H3. The van der Waals surface area contributed by atoms with E-state index < -0.39 is 0 Å². The minimum Gasteiger partial charge on any atom is -0.331 e. The van der Waals surface area contributed by atoms with Crippen molar-refractivity contribution in [1.29, 1.82) is 0 Å². The summed E-state index contributed by atoms with van der Waals surface area (Å²) < 4.78 is 3.84. The number of aromatic nitrogens is 5. The Morgan fingerprint density at radius 1 is 1.38 bits per heavy atom. The van der Waals surface area contributed by atoms with Gasteiger partial charge in [0.2, 0.25) is 0 Å². The fourth-order valence-corrected chi connectivity index (χ4v) is 1.39. The van der Waals surface area contributed by atoms with Crippen LogP contribution in [0.5, 0.6) is 0 Å². The molecule has 2 rings (SSSR count). The van der Waals surface area contributed by atoms with Crippen molar-refractivity contribution in [3.63, 3.8) is 0 Å². The van der Waals surface area contributed by atoms with E-state index in [1.807, 2.05) is 35.7 Å². The summed E-state index contributed by atoms with van der Waals surface area (Å²) in [4.78, 5) is 6.11. The monoisotopic (exact) mass is 220 g/mol. The number of hydrogen-bond acceptors (Lipinski definition) is 4. The zero-order chi connectivity index (χ0) is 11.4. The van der Waals surface area contributed by atoms with Crippen molar-refractivity contribution in [3.8, 4) is 0 Å². The lowest BCUT2D eigenvalue weighted by molar-refractivity contribution is 0.370. The first-order valence-corrected chi connectivity index (χ1v) is 5.23. The largest absolute Gasteiger partial charge is 0.331 e. The molecule has 0 aliphatic carbocycles. The van der Waals surface area contributed by atoms with E-state index in [0.717, 1.165) is 25.3 Å². The van der Waals surface area contributed by atoms with E-state index in [2.05, 4.69) is 20.2 Å². The van der Waals surface area contributed by atoms with Crippen LogP contribution in [0.3, 0.4) is 0 Å². The number of hydrogen-bond donors (Lipinski definition) is 0. The lowest BCUT2D eigenvalue weighted by Crippen LogP contribution is -2.18. The van der Waals surface area contributed by atoms with Gasteiger partial charge in [0.25, 0.3) is 0 Å². The van der Waals surface area contributed by atoms with Gasteiger partial charge in [-0.1, -0.05) is 5.21 Å². The van der Waals surface area contributed by atoms with E-state index in [4.69, 9.17) is 0 Å². The molecule has 0 spiro atoms. The molecule has 2 heterocycles. The average Bonchev–Trinajstić information content (AvgIpc) is 2.87. The molecule has 0 N–H and O–H groups in total. The molecule has 0 bridgehead atoms. The van der Waals surface area contributed by atoms with Crippen LogP contribution in [0.2, 0.25) is 0 Å². The van der Waals surface area contributed by atoms with E-state index in [1.54, 1.807) is 12.5 Å². The van der Waals surface area contributed by atoms with Gasteiger partial charge >= 0.3 is 0 Å². The van der Waals surface area contributed by atoms with Crippen LogP contribution in [-0.2, 0) is 13.1 Å². The van der Waals surface area contributed by atoms with Crippen molar-refractivity contribution in [2.45, 2.75) is 13.1 Å². The lowest BCUT2D eigenvalue weighted by Gasteiger charge is -2.07. The molecule has 2 aromatic rings. The smallest absolute Gasteiger partial charge is 0.102 e. The molecule has 0 aromatic carbocycles. The minimum atomic E-state index is 0.724. The Kier molecular flexibility index (Phi) is 3.31. The third-order valence-corrected chi connectivity index (χ3v) is 2.27. The first-order chi connectivity index (χ1) is 7.74. The number of rotatable bonds is 5. The average molecular weight is 220 g/mol. The second-order valence-corrected chi connectivity index (χ2v) is 4.01. The van der Waals surface area contributed by atoms with Gasteiger partial charge in [-0.2, -0.15) is 0 Å². The Labute approximate surface area is 94.5 Å². The highest BCUT2D eigenvalue weighted by Gasteiger charge is 2.01. The van der Waals surface area contributed by atoms with Crippen molar-refractivity contribution in [2.75, 3.05) is 20.6 Å². The molecule has 16 heavy (non-hydrogen) atoms. The molecule has 0 atom stereocenters. The topological polar surface area (TPSA) is 51.8 Å². The van der Waals surface area contributed by atoms with Crippen LogP contribution in [0.25, 0.3) is 0 Å². The Hall–Kier alpha value is -1.69. The number of likely N-dealkylation sites (N-methyl/N-ethyl adjacent to an activating group) is 1. The molecule has 0 amide bonds. The molecule has 0 radical (unpaired) electrons. The van der Waals surface area contributed by atoms with Gasteiger partial charge < -0.3 is 9.47 Å². The molecule has 0 saturated heterocycles. The van der Waals surface area contributed by atoms with Crippen LogP contribution in [0.15, 0.2) is 24.9 Å². The summed E-state index contributed by atoms with van der Waals surface area (Å²) in [6.07, 6.45) is 7.43. The molecule has 0 aliphatic heterocycles. The molecular formula is C10H16N6. The zero-order valence-electron chi connectivity index (χ0n) is 9.61. The SMILES string of the molecule is CN(C)CCn1cc(Cn2ccnc2)nn1. The van der Waals surface area contributed by atoms with Crippen molar-refractivity contribution < 1.29 is 0 Å². The summed E-state index contributed by atoms with van der Waals surface area (Å²) in [6, 6.07) is 0. The maximum atomic E-state index is 4.11. The summed E-state index contributed by atoms with van der Waals surface area (Å²) >= 11 is 0. The van der Waals surface area contributed by atoms with Gasteiger partial charge in [-0.15, -0.1) is 5.10 Å². The highest BCUT2D eigenvalue weighted by Crippen LogP contribution is 1.97. The Morgan fingerprint density at radius 3 is 2.94 bits per heavy atom. The second-order valence-electron chi connectivity index (χ2n) is 4.01. The van der Waals surface area contributed by atoms with Gasteiger partial charge in [0.15, 0.2) is 0 Å². The quantitative estimate of drug-likeness (QED) is 0.716. The predicted molar refractivity (Wildman–Crippen MR) is 59.9 cm³/mol. The fourth-order valence-electron chi connectivity index (χ4n) is 1.39. The van der Waals surface area contributed by atoms with Crippen molar-refractivity contribution in [1.82, 2.24) is 29.4 Å². The van der Waals surface area contributed by atoms with Crippen LogP contribution in [-0.4, -0.2) is 50.1 Å². The highest BCUT2D eigenvalue weighted by molar-refractivity contribution is 4.94. The van der Waals surface area contributed by atoms with Gasteiger partial charge in [-0.25, -0.2) is 4.98 Å². The van der Waals surface area contributed by atoms with Gasteiger partial charge in [0, 0.05) is 18.9 Å². The number of imidazole rings is 1. The summed E-state index contributed by atoms with van der Waals surface area (Å²) in [5.41, 5.74) is 0.955. The van der Waals surface area contributed by atoms with Crippen molar-refractivity contribution >= 4 is 0 Å². The Morgan fingerprint density at radius 2 is 2.25 bits per heavy atom. The minimum absolute atomic E-state index is 0.724. The summed E-state index contributed by atoms with van der Waals surface area (Å²) in [5.74, 6) is 0. The van der Waals surface area contributed by atoms with Crippen LogP contribution in [0.4, 0.5) is 0 Å². The van der Waals surface area contributed by atoms with E-state index in [1.165, 1.54) is 0 Å². The first kappa shape index (κ1) is 10.8. The van der Waals surface area contributed by atoms with Crippen LogP contribution in [0, 0.1) is 0 Å². The highest BCUT2D eigenvalue weighted by atomic mass is 15.4. The van der Waals surface area contributed by atoms with E-state index in [9.17, 15) is 0 Å². The molecule has 0 aliphatic rings. The summed E-state index contributed by atoms with van der Waals surface area (Å²) in [6.45, 7) is 2.56.